The average molecular weight is 275 g/mol. The van der Waals surface area contributed by atoms with E-state index in [0.717, 1.165) is 12.1 Å². The summed E-state index contributed by atoms with van der Waals surface area (Å²) in [5, 5.41) is -0.656. The third-order valence-corrected chi connectivity index (χ3v) is 2.29. The van der Waals surface area contributed by atoms with E-state index in [1.54, 1.807) is 0 Å². The van der Waals surface area contributed by atoms with Crippen molar-refractivity contribution in [1.82, 2.24) is 0 Å². The van der Waals surface area contributed by atoms with Gasteiger partial charge in [0, 0.05) is 0 Å². The Morgan fingerprint density at radius 2 is 1.59 bits per heavy atom. The van der Waals surface area contributed by atoms with Crippen molar-refractivity contribution in [2.24, 2.45) is 0 Å². The lowest BCUT2D eigenvalue weighted by atomic mass is 10.0. The third-order valence-electron chi connectivity index (χ3n) is 1.96. The fourth-order valence-corrected chi connectivity index (χ4v) is 1.32. The second-order valence-electron chi connectivity index (χ2n) is 3.17. The highest BCUT2D eigenvalue weighted by molar-refractivity contribution is 6.31. The van der Waals surface area contributed by atoms with Gasteiger partial charge in [0.2, 0.25) is 0 Å². The van der Waals surface area contributed by atoms with Crippen LogP contribution in [0.1, 0.15) is 11.1 Å². The van der Waals surface area contributed by atoms with Crippen molar-refractivity contribution in [3.8, 4) is 0 Å². The van der Waals surface area contributed by atoms with Crippen molar-refractivity contribution in [3.05, 3.63) is 40.9 Å². The topological polar surface area (TPSA) is 0 Å². The van der Waals surface area contributed by atoms with Crippen molar-refractivity contribution in [1.29, 1.82) is 0 Å². The first kappa shape index (κ1) is 13.9. The van der Waals surface area contributed by atoms with Crippen LogP contribution in [-0.4, -0.2) is 6.18 Å². The second-order valence-corrected chi connectivity index (χ2v) is 3.58. The number of alkyl halides is 6. The van der Waals surface area contributed by atoms with E-state index in [1.807, 2.05) is 0 Å². The molecule has 0 fully saturated rings. The highest BCUT2D eigenvalue weighted by Crippen LogP contribution is 2.39. The molecule has 0 spiro atoms. The van der Waals surface area contributed by atoms with Gasteiger partial charge >= 0.3 is 12.4 Å². The number of benzene rings is 1. The first-order valence-electron chi connectivity index (χ1n) is 4.16. The number of hydrogen-bond acceptors (Lipinski definition) is 0. The lowest BCUT2D eigenvalue weighted by molar-refractivity contribution is -0.137. The molecule has 0 aliphatic carbocycles. The van der Waals surface area contributed by atoms with Crippen LogP contribution < -0.4 is 0 Å². The van der Waals surface area contributed by atoms with Gasteiger partial charge in [-0.3, -0.25) is 0 Å². The summed E-state index contributed by atoms with van der Waals surface area (Å²) in [5.41, 5.74) is -3.32. The smallest absolute Gasteiger partial charge is 0.166 e. The first-order valence-corrected chi connectivity index (χ1v) is 4.54. The van der Waals surface area contributed by atoms with Gasteiger partial charge in [-0.05, 0) is 17.7 Å². The quantitative estimate of drug-likeness (QED) is 0.637. The van der Waals surface area contributed by atoms with Crippen LogP contribution in [0.3, 0.4) is 0 Å². The van der Waals surface area contributed by atoms with Crippen LogP contribution in [0.25, 0.3) is 5.57 Å². The minimum absolute atomic E-state index is 0.332. The molecule has 0 unspecified atom stereocenters. The molecule has 1 rings (SSSR count). The van der Waals surface area contributed by atoms with E-state index in [2.05, 4.69) is 6.58 Å². The Morgan fingerprint density at radius 1 is 1.06 bits per heavy atom. The van der Waals surface area contributed by atoms with Gasteiger partial charge in [-0.25, -0.2) is 0 Å². The maximum Gasteiger partial charge on any atom is 0.417 e. The molecular weight excluding hydrogens is 270 g/mol. The highest BCUT2D eigenvalue weighted by atomic mass is 35.5. The maximum absolute atomic E-state index is 12.4. The van der Waals surface area contributed by atoms with Gasteiger partial charge in [-0.15, -0.1) is 0 Å². The van der Waals surface area contributed by atoms with E-state index in [0.29, 0.717) is 6.07 Å². The van der Waals surface area contributed by atoms with Crippen LogP contribution in [0.15, 0.2) is 24.8 Å². The van der Waals surface area contributed by atoms with Crippen LogP contribution >= 0.6 is 11.6 Å². The van der Waals surface area contributed by atoms with Crippen LogP contribution in [-0.2, 0) is 6.18 Å². The fourth-order valence-electron chi connectivity index (χ4n) is 1.09. The third kappa shape index (κ3) is 3.15. The summed E-state index contributed by atoms with van der Waals surface area (Å²) >= 11 is 5.27. The van der Waals surface area contributed by atoms with Crippen molar-refractivity contribution < 1.29 is 26.3 Å². The molecule has 17 heavy (non-hydrogen) atoms. The van der Waals surface area contributed by atoms with Crippen molar-refractivity contribution >= 4 is 17.2 Å². The molecule has 94 valence electrons. The molecule has 1 aromatic rings. The predicted molar refractivity (Wildman–Crippen MR) is 51.5 cm³/mol. The molecular formula is C10H5ClF6. The predicted octanol–water partition coefficient (Wildman–Crippen LogP) is 4.93. The summed E-state index contributed by atoms with van der Waals surface area (Å²) in [7, 11) is 0. The van der Waals surface area contributed by atoms with Gasteiger partial charge in [-0.1, -0.05) is 24.2 Å². The Balaban J connectivity index is 3.28. The molecule has 0 amide bonds. The van der Waals surface area contributed by atoms with E-state index in [1.165, 1.54) is 0 Å². The van der Waals surface area contributed by atoms with Gasteiger partial charge in [-0.2, -0.15) is 26.3 Å². The Labute approximate surface area is 97.5 Å². The number of rotatable bonds is 1. The molecule has 0 aromatic heterocycles. The highest BCUT2D eigenvalue weighted by Gasteiger charge is 2.37. The van der Waals surface area contributed by atoms with E-state index < -0.39 is 34.1 Å². The van der Waals surface area contributed by atoms with Gasteiger partial charge in [0.1, 0.15) is 0 Å². The fraction of sp³-hybridized carbons (Fsp3) is 0.200. The summed E-state index contributed by atoms with van der Waals surface area (Å²) in [4.78, 5) is 0. The summed E-state index contributed by atoms with van der Waals surface area (Å²) < 4.78 is 73.9. The lowest BCUT2D eigenvalue weighted by Gasteiger charge is -2.14. The van der Waals surface area contributed by atoms with Gasteiger partial charge in [0.05, 0.1) is 16.2 Å². The van der Waals surface area contributed by atoms with Crippen molar-refractivity contribution in [2.45, 2.75) is 12.4 Å². The molecule has 0 saturated carbocycles. The number of allylic oxidation sites excluding steroid dienone is 1. The monoisotopic (exact) mass is 274 g/mol. The molecule has 0 atom stereocenters. The number of halogens is 7. The zero-order valence-corrected chi connectivity index (χ0v) is 8.84. The standard InChI is InChI=1S/C10H5ClF6/c1-5(9(12,13)14)6-2-3-8(11)7(4-6)10(15,16)17/h2-4H,1H2. The summed E-state index contributed by atoms with van der Waals surface area (Å²) in [6.07, 6.45) is -9.59. The molecule has 0 radical (unpaired) electrons. The van der Waals surface area contributed by atoms with Gasteiger partial charge in [0.25, 0.3) is 0 Å². The van der Waals surface area contributed by atoms with Crippen LogP contribution in [0, 0.1) is 0 Å². The Bertz CT molecular complexity index is 443. The summed E-state index contributed by atoms with van der Waals surface area (Å²) in [5.74, 6) is 0. The summed E-state index contributed by atoms with van der Waals surface area (Å²) in [6, 6.07) is 1.93. The first-order chi connectivity index (χ1) is 7.53. The van der Waals surface area contributed by atoms with Crippen molar-refractivity contribution in [2.75, 3.05) is 0 Å². The normalized spacial score (nSPS) is 12.6. The van der Waals surface area contributed by atoms with E-state index in [-0.39, 0.29) is 0 Å². The van der Waals surface area contributed by atoms with Crippen LogP contribution in [0.5, 0.6) is 0 Å². The molecule has 0 aliphatic rings. The molecule has 7 heteroatoms. The summed E-state index contributed by atoms with van der Waals surface area (Å²) in [6.45, 7) is 2.71. The van der Waals surface area contributed by atoms with E-state index in [9.17, 15) is 26.3 Å². The Kier molecular flexibility index (Phi) is 3.47. The van der Waals surface area contributed by atoms with Crippen LogP contribution in [0.4, 0.5) is 26.3 Å². The van der Waals surface area contributed by atoms with E-state index in [4.69, 9.17) is 11.6 Å². The minimum Gasteiger partial charge on any atom is -0.166 e. The minimum atomic E-state index is -4.81. The molecule has 0 N–H and O–H groups in total. The SMILES string of the molecule is C=C(c1ccc(Cl)c(C(F)(F)F)c1)C(F)(F)F. The zero-order chi connectivity index (χ0) is 13.4. The zero-order valence-electron chi connectivity index (χ0n) is 8.08. The molecule has 0 nitrogen and oxygen atoms in total. The van der Waals surface area contributed by atoms with Crippen LogP contribution in [0.2, 0.25) is 5.02 Å². The van der Waals surface area contributed by atoms with Gasteiger partial charge in [0.15, 0.2) is 0 Å². The Morgan fingerprint density at radius 3 is 2.00 bits per heavy atom. The number of hydrogen-bond donors (Lipinski definition) is 0. The molecule has 0 bridgehead atoms. The van der Waals surface area contributed by atoms with Crippen molar-refractivity contribution in [3.63, 3.8) is 0 Å². The largest absolute Gasteiger partial charge is 0.417 e. The lowest BCUT2D eigenvalue weighted by Crippen LogP contribution is -2.11. The molecule has 0 heterocycles. The Hall–Kier alpha value is -1.17. The average Bonchev–Trinajstić information content (AvgIpc) is 2.14. The molecule has 0 aliphatic heterocycles. The van der Waals surface area contributed by atoms with Gasteiger partial charge < -0.3 is 0 Å². The molecule has 0 saturated heterocycles. The maximum atomic E-state index is 12.4. The second kappa shape index (κ2) is 4.25. The van der Waals surface area contributed by atoms with E-state index >= 15 is 0 Å². The molecule has 1 aromatic carbocycles.